The normalized spacial score (nSPS) is 22.7. The summed E-state index contributed by atoms with van der Waals surface area (Å²) in [7, 11) is 0. The van der Waals surface area contributed by atoms with Crippen LogP contribution in [0.3, 0.4) is 0 Å². The maximum atomic E-state index is 13.3. The van der Waals surface area contributed by atoms with Gasteiger partial charge in [-0.15, -0.1) is 11.3 Å². The van der Waals surface area contributed by atoms with E-state index in [2.05, 4.69) is 5.32 Å². The molecule has 1 aliphatic carbocycles. The first-order chi connectivity index (χ1) is 14.6. The average Bonchev–Trinajstić information content (AvgIpc) is 3.47. The fraction of sp³-hybridized carbons (Fsp3) is 0.435. The standard InChI is InChI=1S/C23H27N3O3S/c27-21-18-9-4-10-19(18)26(22(28)17-7-2-1-3-8-17)14-6-13-25(15-12-24-21)23(29)20-11-5-16-30-20/h1-3,5,7-8,11,16,18-19H,4,6,9-10,12-15H2,(H,24,27). The van der Waals surface area contributed by atoms with Crippen LogP contribution in [-0.2, 0) is 4.79 Å². The summed E-state index contributed by atoms with van der Waals surface area (Å²) >= 11 is 1.42. The van der Waals surface area contributed by atoms with Crippen molar-refractivity contribution in [3.8, 4) is 0 Å². The highest BCUT2D eigenvalue weighted by Gasteiger charge is 2.39. The molecule has 2 atom stereocenters. The van der Waals surface area contributed by atoms with Gasteiger partial charge in [0.1, 0.15) is 0 Å². The molecule has 4 rings (SSSR count). The van der Waals surface area contributed by atoms with Gasteiger partial charge in [0.05, 0.1) is 10.8 Å². The molecule has 2 aliphatic rings. The summed E-state index contributed by atoms with van der Waals surface area (Å²) in [6, 6.07) is 12.9. The third kappa shape index (κ3) is 4.41. The minimum Gasteiger partial charge on any atom is -0.354 e. The summed E-state index contributed by atoms with van der Waals surface area (Å²) in [5, 5.41) is 4.91. The van der Waals surface area contributed by atoms with Gasteiger partial charge in [-0.2, -0.15) is 0 Å². The fourth-order valence-corrected chi connectivity index (χ4v) is 5.22. The van der Waals surface area contributed by atoms with Crippen LogP contribution in [0.2, 0.25) is 0 Å². The lowest BCUT2D eigenvalue weighted by Gasteiger charge is -2.33. The highest BCUT2D eigenvalue weighted by Crippen LogP contribution is 2.31. The number of nitrogens with zero attached hydrogens (tertiary/aromatic N) is 2. The molecule has 1 aromatic heterocycles. The first-order valence-corrected chi connectivity index (χ1v) is 11.5. The van der Waals surface area contributed by atoms with Gasteiger partial charge in [-0.1, -0.05) is 30.7 Å². The molecule has 0 radical (unpaired) electrons. The van der Waals surface area contributed by atoms with Crippen molar-refractivity contribution in [1.82, 2.24) is 15.1 Å². The van der Waals surface area contributed by atoms with Gasteiger partial charge < -0.3 is 15.1 Å². The van der Waals surface area contributed by atoms with Crippen LogP contribution in [0.4, 0.5) is 0 Å². The van der Waals surface area contributed by atoms with E-state index in [0.717, 1.165) is 19.3 Å². The third-order valence-corrected chi connectivity index (χ3v) is 6.88. The van der Waals surface area contributed by atoms with Crippen molar-refractivity contribution < 1.29 is 14.4 Å². The number of carbonyl (C=O) groups is 3. The van der Waals surface area contributed by atoms with Crippen LogP contribution < -0.4 is 5.32 Å². The van der Waals surface area contributed by atoms with Crippen molar-refractivity contribution in [2.75, 3.05) is 26.2 Å². The molecular formula is C23H27N3O3S. The van der Waals surface area contributed by atoms with Crippen LogP contribution >= 0.6 is 11.3 Å². The number of carbonyl (C=O) groups excluding carboxylic acids is 3. The monoisotopic (exact) mass is 425 g/mol. The molecule has 6 nitrogen and oxygen atoms in total. The average molecular weight is 426 g/mol. The Morgan fingerprint density at radius 2 is 1.77 bits per heavy atom. The van der Waals surface area contributed by atoms with E-state index < -0.39 is 0 Å². The second kappa shape index (κ2) is 9.43. The predicted molar refractivity (Wildman–Crippen MR) is 116 cm³/mol. The zero-order valence-corrected chi connectivity index (χ0v) is 17.8. The Hall–Kier alpha value is -2.67. The molecular weight excluding hydrogens is 398 g/mol. The first kappa shape index (κ1) is 20.6. The van der Waals surface area contributed by atoms with Crippen LogP contribution in [0.1, 0.15) is 45.7 Å². The SMILES string of the molecule is O=C1NCCN(C(=O)c2cccs2)CCCN(C(=O)c2ccccc2)C2CCCC12. The van der Waals surface area contributed by atoms with E-state index in [4.69, 9.17) is 0 Å². The molecule has 7 heteroatoms. The van der Waals surface area contributed by atoms with Gasteiger partial charge in [-0.05, 0) is 42.8 Å². The minimum absolute atomic E-state index is 0.00576. The molecule has 0 spiro atoms. The molecule has 1 saturated carbocycles. The summed E-state index contributed by atoms with van der Waals surface area (Å²) < 4.78 is 0. The predicted octanol–water partition coefficient (Wildman–Crippen LogP) is 3.02. The van der Waals surface area contributed by atoms with E-state index >= 15 is 0 Å². The van der Waals surface area contributed by atoms with Crippen LogP contribution in [0.25, 0.3) is 0 Å². The number of fused-ring (bicyclic) bond motifs is 1. The van der Waals surface area contributed by atoms with Gasteiger partial charge in [0.15, 0.2) is 0 Å². The van der Waals surface area contributed by atoms with Crippen molar-refractivity contribution >= 4 is 29.1 Å². The number of hydrogen-bond acceptors (Lipinski definition) is 4. The summed E-state index contributed by atoms with van der Waals surface area (Å²) in [4.78, 5) is 43.4. The summed E-state index contributed by atoms with van der Waals surface area (Å²) in [5.41, 5.74) is 0.643. The van der Waals surface area contributed by atoms with Crippen LogP contribution in [0.15, 0.2) is 47.8 Å². The maximum Gasteiger partial charge on any atom is 0.263 e. The van der Waals surface area contributed by atoms with E-state index in [9.17, 15) is 14.4 Å². The lowest BCUT2D eigenvalue weighted by Crippen LogP contribution is -2.47. The Labute approximate surface area is 180 Å². The summed E-state index contributed by atoms with van der Waals surface area (Å²) in [6.07, 6.45) is 3.28. The Kier molecular flexibility index (Phi) is 6.47. The van der Waals surface area contributed by atoms with Crippen molar-refractivity contribution in [2.24, 2.45) is 5.92 Å². The highest BCUT2D eigenvalue weighted by atomic mass is 32.1. The highest BCUT2D eigenvalue weighted by molar-refractivity contribution is 7.12. The first-order valence-electron chi connectivity index (χ1n) is 10.6. The van der Waals surface area contributed by atoms with Crippen molar-refractivity contribution in [3.63, 3.8) is 0 Å². The Morgan fingerprint density at radius 3 is 2.53 bits per heavy atom. The number of hydrogen-bond donors (Lipinski definition) is 1. The largest absolute Gasteiger partial charge is 0.354 e. The van der Waals surface area contributed by atoms with E-state index in [0.29, 0.717) is 43.0 Å². The van der Waals surface area contributed by atoms with Gasteiger partial charge >= 0.3 is 0 Å². The van der Waals surface area contributed by atoms with Gasteiger partial charge in [0, 0.05) is 37.8 Å². The zero-order chi connectivity index (χ0) is 20.9. The Bertz CT molecular complexity index is 884. The summed E-state index contributed by atoms with van der Waals surface area (Å²) in [6.45, 7) is 2.01. The maximum absolute atomic E-state index is 13.3. The Morgan fingerprint density at radius 1 is 0.933 bits per heavy atom. The molecule has 2 heterocycles. The lowest BCUT2D eigenvalue weighted by molar-refractivity contribution is -0.126. The van der Waals surface area contributed by atoms with E-state index in [1.54, 1.807) is 4.90 Å². The van der Waals surface area contributed by atoms with Gasteiger partial charge in [0.25, 0.3) is 11.8 Å². The number of benzene rings is 1. The van der Waals surface area contributed by atoms with Crippen molar-refractivity contribution in [2.45, 2.75) is 31.7 Å². The fourth-order valence-electron chi connectivity index (χ4n) is 4.53. The molecule has 30 heavy (non-hydrogen) atoms. The number of rotatable bonds is 2. The molecule has 0 bridgehead atoms. The molecule has 1 saturated heterocycles. The number of nitrogens with one attached hydrogen (secondary N) is 1. The smallest absolute Gasteiger partial charge is 0.263 e. The summed E-state index contributed by atoms with van der Waals surface area (Å²) in [5.74, 6) is -0.235. The van der Waals surface area contributed by atoms with E-state index in [1.165, 1.54) is 11.3 Å². The quantitative estimate of drug-likeness (QED) is 0.804. The zero-order valence-electron chi connectivity index (χ0n) is 17.0. The van der Waals surface area contributed by atoms with Gasteiger partial charge in [-0.25, -0.2) is 0 Å². The lowest BCUT2D eigenvalue weighted by atomic mass is 9.99. The van der Waals surface area contributed by atoms with Crippen LogP contribution in [-0.4, -0.2) is 59.7 Å². The van der Waals surface area contributed by atoms with Crippen molar-refractivity contribution in [3.05, 3.63) is 58.3 Å². The van der Waals surface area contributed by atoms with Gasteiger partial charge in [0.2, 0.25) is 5.91 Å². The van der Waals surface area contributed by atoms with Crippen molar-refractivity contribution in [1.29, 1.82) is 0 Å². The number of thiophene rings is 1. The molecule has 2 fully saturated rings. The second-order valence-electron chi connectivity index (χ2n) is 7.88. The molecule has 1 aromatic carbocycles. The molecule has 158 valence electrons. The van der Waals surface area contributed by atoms with Crippen LogP contribution in [0, 0.1) is 5.92 Å². The molecule has 2 unspecified atom stereocenters. The number of amides is 3. The Balaban J connectivity index is 1.56. The molecule has 1 N–H and O–H groups in total. The molecule has 3 amide bonds. The minimum atomic E-state index is -0.183. The second-order valence-corrected chi connectivity index (χ2v) is 8.83. The van der Waals surface area contributed by atoms with E-state index in [-0.39, 0.29) is 29.7 Å². The van der Waals surface area contributed by atoms with Gasteiger partial charge in [-0.3, -0.25) is 14.4 Å². The van der Waals surface area contributed by atoms with Crippen LogP contribution in [0.5, 0.6) is 0 Å². The topological polar surface area (TPSA) is 69.7 Å². The molecule has 1 aliphatic heterocycles. The molecule has 2 aromatic rings. The third-order valence-electron chi connectivity index (χ3n) is 6.03. The van der Waals surface area contributed by atoms with E-state index in [1.807, 2.05) is 52.7 Å².